The molecule has 2 aliphatic rings. The van der Waals surface area contributed by atoms with Crippen molar-refractivity contribution in [1.82, 2.24) is 4.90 Å². The number of esters is 1. The molecule has 0 N–H and O–H groups in total. The van der Waals surface area contributed by atoms with Crippen molar-refractivity contribution in [3.63, 3.8) is 0 Å². The number of nitrogens with zero attached hydrogens (tertiary/aromatic N) is 1. The average molecular weight is 353 g/mol. The van der Waals surface area contributed by atoms with Crippen LogP contribution < -0.4 is 0 Å². The molecule has 0 spiro atoms. The van der Waals surface area contributed by atoms with E-state index in [-0.39, 0.29) is 43.6 Å². The van der Waals surface area contributed by atoms with Crippen molar-refractivity contribution in [3.05, 3.63) is 46.3 Å². The average Bonchev–Trinajstić information content (AvgIpc) is 2.92. The van der Waals surface area contributed by atoms with Crippen molar-refractivity contribution in [2.45, 2.75) is 26.2 Å². The smallest absolute Gasteiger partial charge is 0.313 e. The van der Waals surface area contributed by atoms with E-state index in [1.807, 2.05) is 6.92 Å². The van der Waals surface area contributed by atoms with Crippen molar-refractivity contribution in [1.29, 1.82) is 0 Å². The van der Waals surface area contributed by atoms with Crippen LogP contribution in [0.3, 0.4) is 0 Å². The summed E-state index contributed by atoms with van der Waals surface area (Å²) in [7, 11) is 0. The van der Waals surface area contributed by atoms with Crippen LogP contribution in [-0.2, 0) is 14.3 Å². The van der Waals surface area contributed by atoms with Gasteiger partial charge in [0, 0.05) is 31.5 Å². The van der Waals surface area contributed by atoms with Gasteiger partial charge in [-0.3, -0.25) is 9.59 Å². The molecule has 25 heavy (non-hydrogen) atoms. The minimum atomic E-state index is -1.26. The third kappa shape index (κ3) is 3.27. The van der Waals surface area contributed by atoms with Gasteiger partial charge in [0.2, 0.25) is 5.91 Å². The van der Waals surface area contributed by atoms with Crippen LogP contribution in [-0.4, -0.2) is 36.5 Å². The Bertz CT molecular complexity index is 775. The van der Waals surface area contributed by atoms with E-state index in [0.717, 1.165) is 17.2 Å². The maximum atomic E-state index is 14.0. The van der Waals surface area contributed by atoms with Gasteiger partial charge in [-0.1, -0.05) is 0 Å². The first kappa shape index (κ1) is 17.5. The fourth-order valence-electron chi connectivity index (χ4n) is 3.39. The lowest BCUT2D eigenvalue weighted by Gasteiger charge is -2.27. The van der Waals surface area contributed by atoms with Gasteiger partial charge >= 0.3 is 5.97 Å². The summed E-state index contributed by atoms with van der Waals surface area (Å²) >= 11 is 0. The van der Waals surface area contributed by atoms with Crippen LogP contribution in [0.2, 0.25) is 0 Å². The Labute approximate surface area is 143 Å². The summed E-state index contributed by atoms with van der Waals surface area (Å²) in [6.07, 6.45) is -0.0228. The molecule has 1 saturated heterocycles. The summed E-state index contributed by atoms with van der Waals surface area (Å²) in [5.74, 6) is -4.91. The quantitative estimate of drug-likeness (QED) is 0.477. The fraction of sp³-hybridized carbons (Fsp3) is 0.444. The standard InChI is InChI=1S/C18H18F3NO3/c1-9-8-25-18(24)10(2)14(9)7-22-6-11(3-16(22)23)13-4-12(19)5-15(20)17(13)21/h4-5,10-11H,3,6-8H2,1-2H3. The van der Waals surface area contributed by atoms with Crippen LogP contribution in [0, 0.1) is 23.4 Å². The van der Waals surface area contributed by atoms with E-state index in [2.05, 4.69) is 0 Å². The predicted molar refractivity (Wildman–Crippen MR) is 83.1 cm³/mol. The Morgan fingerprint density at radius 3 is 2.68 bits per heavy atom. The third-order valence-electron chi connectivity index (χ3n) is 4.89. The van der Waals surface area contributed by atoms with Crippen LogP contribution in [0.5, 0.6) is 0 Å². The van der Waals surface area contributed by atoms with Gasteiger partial charge in [-0.05, 0) is 36.6 Å². The lowest BCUT2D eigenvalue weighted by atomic mass is 9.94. The highest BCUT2D eigenvalue weighted by atomic mass is 19.2. The molecule has 2 unspecified atom stereocenters. The number of likely N-dealkylation sites (tertiary alicyclic amines) is 1. The Kier molecular flexibility index (Phi) is 4.58. The molecule has 0 aromatic heterocycles. The molecule has 0 bridgehead atoms. The highest BCUT2D eigenvalue weighted by molar-refractivity contribution is 5.81. The highest BCUT2D eigenvalue weighted by Crippen LogP contribution is 2.33. The number of hydrogen-bond acceptors (Lipinski definition) is 3. The summed E-state index contributed by atoms with van der Waals surface area (Å²) in [5, 5.41) is 0. The Hall–Kier alpha value is -2.31. The number of amides is 1. The molecule has 4 nitrogen and oxygen atoms in total. The van der Waals surface area contributed by atoms with Gasteiger partial charge in [0.15, 0.2) is 11.6 Å². The number of hydrogen-bond donors (Lipinski definition) is 0. The fourth-order valence-corrected chi connectivity index (χ4v) is 3.39. The van der Waals surface area contributed by atoms with Gasteiger partial charge < -0.3 is 9.64 Å². The molecular weight excluding hydrogens is 335 g/mol. The number of ether oxygens (including phenoxy) is 1. The molecule has 1 fully saturated rings. The summed E-state index contributed by atoms with van der Waals surface area (Å²) < 4.78 is 45.8. The lowest BCUT2D eigenvalue weighted by molar-refractivity contribution is -0.147. The van der Waals surface area contributed by atoms with Gasteiger partial charge in [0.05, 0.1) is 5.92 Å². The molecule has 0 saturated carbocycles. The molecule has 0 radical (unpaired) electrons. The van der Waals surface area contributed by atoms with Gasteiger partial charge in [-0.15, -0.1) is 0 Å². The van der Waals surface area contributed by atoms with Crippen LogP contribution in [0.1, 0.15) is 31.7 Å². The normalized spacial score (nSPS) is 24.1. The highest BCUT2D eigenvalue weighted by Gasteiger charge is 2.36. The summed E-state index contributed by atoms with van der Waals surface area (Å²) in [6, 6.07) is 1.42. The third-order valence-corrected chi connectivity index (χ3v) is 4.89. The maximum Gasteiger partial charge on any atom is 0.313 e. The molecular formula is C18H18F3NO3. The number of carbonyl (C=O) groups is 2. The molecule has 2 atom stereocenters. The minimum Gasteiger partial charge on any atom is -0.461 e. The van der Waals surface area contributed by atoms with Crippen LogP contribution >= 0.6 is 0 Å². The predicted octanol–water partition coefficient (Wildman–Crippen LogP) is 2.93. The van der Waals surface area contributed by atoms with Gasteiger partial charge in [-0.25, -0.2) is 13.2 Å². The molecule has 1 aromatic carbocycles. The zero-order valence-corrected chi connectivity index (χ0v) is 13.9. The van der Waals surface area contributed by atoms with Crippen molar-refractivity contribution < 1.29 is 27.5 Å². The molecule has 2 aliphatic heterocycles. The van der Waals surface area contributed by atoms with Gasteiger partial charge in [-0.2, -0.15) is 0 Å². The Morgan fingerprint density at radius 2 is 1.96 bits per heavy atom. The number of carbonyl (C=O) groups excluding carboxylic acids is 2. The van der Waals surface area contributed by atoms with Crippen LogP contribution in [0.4, 0.5) is 13.2 Å². The maximum absolute atomic E-state index is 14.0. The van der Waals surface area contributed by atoms with E-state index in [0.29, 0.717) is 6.07 Å². The number of benzene rings is 1. The van der Waals surface area contributed by atoms with E-state index in [4.69, 9.17) is 4.74 Å². The zero-order valence-electron chi connectivity index (χ0n) is 13.9. The molecule has 7 heteroatoms. The number of halogens is 3. The number of cyclic esters (lactones) is 1. The molecule has 2 heterocycles. The zero-order chi connectivity index (χ0) is 18.3. The first-order valence-corrected chi connectivity index (χ1v) is 8.05. The minimum absolute atomic E-state index is 0.0228. The van der Waals surface area contributed by atoms with E-state index in [9.17, 15) is 22.8 Å². The Balaban J connectivity index is 1.81. The van der Waals surface area contributed by atoms with E-state index >= 15 is 0 Å². The van der Waals surface area contributed by atoms with Crippen molar-refractivity contribution >= 4 is 11.9 Å². The van der Waals surface area contributed by atoms with Crippen molar-refractivity contribution in [3.8, 4) is 0 Å². The van der Waals surface area contributed by atoms with E-state index < -0.39 is 29.3 Å². The first-order valence-electron chi connectivity index (χ1n) is 8.05. The van der Waals surface area contributed by atoms with Gasteiger partial charge in [0.1, 0.15) is 12.4 Å². The van der Waals surface area contributed by atoms with Gasteiger partial charge in [0.25, 0.3) is 0 Å². The SMILES string of the molecule is CC1=C(CN2CC(c3cc(F)cc(F)c3F)CC2=O)C(C)C(=O)OC1. The second-order valence-electron chi connectivity index (χ2n) is 6.60. The largest absolute Gasteiger partial charge is 0.461 e. The topological polar surface area (TPSA) is 46.6 Å². The second-order valence-corrected chi connectivity index (χ2v) is 6.60. The number of rotatable bonds is 3. The molecule has 1 amide bonds. The second kappa shape index (κ2) is 6.54. The van der Waals surface area contributed by atoms with Crippen LogP contribution in [0.25, 0.3) is 0 Å². The summed E-state index contributed by atoms with van der Waals surface area (Å²) in [5.41, 5.74) is 1.55. The van der Waals surface area contributed by atoms with E-state index in [1.54, 1.807) is 6.92 Å². The first-order chi connectivity index (χ1) is 11.8. The lowest BCUT2D eigenvalue weighted by Crippen LogP contribution is -2.34. The molecule has 3 rings (SSSR count). The molecule has 1 aromatic rings. The molecule has 0 aliphatic carbocycles. The monoisotopic (exact) mass is 353 g/mol. The Morgan fingerprint density at radius 1 is 1.24 bits per heavy atom. The summed E-state index contributed by atoms with van der Waals surface area (Å²) in [6.45, 7) is 4.11. The summed E-state index contributed by atoms with van der Waals surface area (Å²) in [4.78, 5) is 25.5. The van der Waals surface area contributed by atoms with Crippen molar-refractivity contribution in [2.24, 2.45) is 5.92 Å². The van der Waals surface area contributed by atoms with E-state index in [1.165, 1.54) is 4.90 Å². The molecule has 134 valence electrons. The van der Waals surface area contributed by atoms with Crippen LogP contribution in [0.15, 0.2) is 23.3 Å². The van der Waals surface area contributed by atoms with Crippen molar-refractivity contribution in [2.75, 3.05) is 19.7 Å².